The van der Waals surface area contributed by atoms with Crippen molar-refractivity contribution in [2.24, 2.45) is 0 Å². The van der Waals surface area contributed by atoms with Gasteiger partial charge in [-0.05, 0) is 31.5 Å². The van der Waals surface area contributed by atoms with Crippen molar-refractivity contribution >= 4 is 5.78 Å². The van der Waals surface area contributed by atoms with Gasteiger partial charge < -0.3 is 4.74 Å². The topological polar surface area (TPSA) is 29.5 Å². The molecule has 1 aromatic carbocycles. The first-order chi connectivity index (χ1) is 9.06. The van der Waals surface area contributed by atoms with Crippen LogP contribution in [0, 0.1) is 11.6 Å². The van der Waals surface area contributed by atoms with Gasteiger partial charge in [0.2, 0.25) is 0 Å². The number of Topliss-reactive ketones (excluding diaryl/α,β-unsaturated/α-hetero) is 1. The van der Waals surface area contributed by atoms with E-state index >= 15 is 0 Å². The van der Waals surface area contributed by atoms with Gasteiger partial charge >= 0.3 is 0 Å². The molecule has 1 atom stereocenters. The molecule has 1 aliphatic heterocycles. The lowest BCUT2D eigenvalue weighted by atomic mass is 10.1. The van der Waals surface area contributed by atoms with Crippen molar-refractivity contribution in [1.29, 1.82) is 0 Å². The summed E-state index contributed by atoms with van der Waals surface area (Å²) in [5.74, 6) is -2.13. The van der Waals surface area contributed by atoms with Crippen LogP contribution >= 0.6 is 0 Å². The zero-order chi connectivity index (χ0) is 13.8. The van der Waals surface area contributed by atoms with Crippen molar-refractivity contribution in [1.82, 2.24) is 4.90 Å². The first-order valence-electron chi connectivity index (χ1n) is 6.38. The van der Waals surface area contributed by atoms with Crippen LogP contribution in [0.4, 0.5) is 8.78 Å². The zero-order valence-corrected chi connectivity index (χ0v) is 10.9. The van der Waals surface area contributed by atoms with Gasteiger partial charge in [-0.2, -0.15) is 0 Å². The van der Waals surface area contributed by atoms with Crippen LogP contribution in [0.15, 0.2) is 18.2 Å². The van der Waals surface area contributed by atoms with Gasteiger partial charge in [-0.3, -0.25) is 9.69 Å². The number of carbonyl (C=O) groups is 1. The fourth-order valence-electron chi connectivity index (χ4n) is 2.19. The highest BCUT2D eigenvalue weighted by molar-refractivity contribution is 5.97. The van der Waals surface area contributed by atoms with Gasteiger partial charge in [-0.15, -0.1) is 0 Å². The van der Waals surface area contributed by atoms with E-state index in [0.29, 0.717) is 13.2 Å². The molecule has 1 saturated heterocycles. The van der Waals surface area contributed by atoms with Gasteiger partial charge in [0.25, 0.3) is 0 Å². The number of benzene rings is 1. The van der Waals surface area contributed by atoms with Gasteiger partial charge in [0.15, 0.2) is 17.4 Å². The third-order valence-electron chi connectivity index (χ3n) is 3.15. The largest absolute Gasteiger partial charge is 0.377 e. The highest BCUT2D eigenvalue weighted by atomic mass is 19.2. The maximum atomic E-state index is 13.1. The third-order valence-corrected chi connectivity index (χ3v) is 3.15. The molecule has 1 aliphatic rings. The number of nitrogens with zero attached hydrogens (tertiary/aromatic N) is 1. The summed E-state index contributed by atoms with van der Waals surface area (Å²) < 4.78 is 31.4. The fourth-order valence-corrected chi connectivity index (χ4v) is 2.19. The second-order valence-electron chi connectivity index (χ2n) is 4.82. The Labute approximate surface area is 111 Å². The minimum absolute atomic E-state index is 0.0836. The molecule has 3 nitrogen and oxygen atoms in total. The zero-order valence-electron chi connectivity index (χ0n) is 10.9. The number of hydrogen-bond acceptors (Lipinski definition) is 3. The Morgan fingerprint density at radius 3 is 2.95 bits per heavy atom. The summed E-state index contributed by atoms with van der Waals surface area (Å²) in [7, 11) is 0. The molecule has 2 rings (SSSR count). The van der Waals surface area contributed by atoms with Crippen molar-refractivity contribution in [3.05, 3.63) is 35.4 Å². The molecular weight excluding hydrogens is 252 g/mol. The van der Waals surface area contributed by atoms with Crippen LogP contribution in [0.1, 0.15) is 23.7 Å². The lowest BCUT2D eigenvalue weighted by Crippen LogP contribution is -2.34. The quantitative estimate of drug-likeness (QED) is 0.788. The van der Waals surface area contributed by atoms with Crippen LogP contribution < -0.4 is 0 Å². The van der Waals surface area contributed by atoms with E-state index < -0.39 is 11.6 Å². The number of rotatable bonds is 3. The highest BCUT2D eigenvalue weighted by Gasteiger charge is 2.18. The van der Waals surface area contributed by atoms with Crippen LogP contribution in [0.2, 0.25) is 0 Å². The molecule has 1 aromatic rings. The smallest absolute Gasteiger partial charge is 0.176 e. The first kappa shape index (κ1) is 14.1. The summed E-state index contributed by atoms with van der Waals surface area (Å²) in [6.07, 6.45) is 0.954. The van der Waals surface area contributed by atoms with E-state index in [1.807, 2.05) is 11.8 Å². The summed E-state index contributed by atoms with van der Waals surface area (Å²) >= 11 is 0. The summed E-state index contributed by atoms with van der Waals surface area (Å²) in [5, 5.41) is 0. The van der Waals surface area contributed by atoms with Crippen molar-refractivity contribution in [3.63, 3.8) is 0 Å². The van der Waals surface area contributed by atoms with Crippen LogP contribution in [0.5, 0.6) is 0 Å². The average molecular weight is 269 g/mol. The van der Waals surface area contributed by atoms with Gasteiger partial charge in [0, 0.05) is 25.3 Å². The van der Waals surface area contributed by atoms with E-state index in [4.69, 9.17) is 4.74 Å². The standard InChI is InChI=1S/C14H17F2NO2/c1-10-8-17(5-2-6-19-10)9-14(18)11-3-4-12(15)13(16)7-11/h3-4,7,10H,2,5-6,8-9H2,1H3. The average Bonchev–Trinajstić information content (AvgIpc) is 2.57. The highest BCUT2D eigenvalue weighted by Crippen LogP contribution is 2.11. The van der Waals surface area contributed by atoms with E-state index in [2.05, 4.69) is 0 Å². The predicted octanol–water partition coefficient (Wildman–Crippen LogP) is 2.26. The van der Waals surface area contributed by atoms with Crippen molar-refractivity contribution in [2.75, 3.05) is 26.2 Å². The fraction of sp³-hybridized carbons (Fsp3) is 0.500. The van der Waals surface area contributed by atoms with E-state index in [1.54, 1.807) is 0 Å². The predicted molar refractivity (Wildman–Crippen MR) is 67.2 cm³/mol. The first-order valence-corrected chi connectivity index (χ1v) is 6.38. The molecule has 0 spiro atoms. The Morgan fingerprint density at radius 2 is 2.21 bits per heavy atom. The maximum Gasteiger partial charge on any atom is 0.176 e. The monoisotopic (exact) mass is 269 g/mol. The van der Waals surface area contributed by atoms with Crippen LogP contribution in [-0.2, 0) is 4.74 Å². The maximum absolute atomic E-state index is 13.1. The molecule has 0 N–H and O–H groups in total. The lowest BCUT2D eigenvalue weighted by molar-refractivity contribution is 0.0657. The molecule has 0 saturated carbocycles. The molecule has 1 unspecified atom stereocenters. The van der Waals surface area contributed by atoms with Crippen LogP contribution in [-0.4, -0.2) is 43.0 Å². The molecule has 19 heavy (non-hydrogen) atoms. The van der Waals surface area contributed by atoms with Gasteiger partial charge in [-0.1, -0.05) is 0 Å². The SMILES string of the molecule is CC1CN(CC(=O)c2ccc(F)c(F)c2)CCCO1. The van der Waals surface area contributed by atoms with E-state index in [-0.39, 0.29) is 24.0 Å². The molecule has 0 radical (unpaired) electrons. The van der Waals surface area contributed by atoms with Crippen LogP contribution in [0.3, 0.4) is 0 Å². The summed E-state index contributed by atoms with van der Waals surface area (Å²) in [4.78, 5) is 14.0. The van der Waals surface area contributed by atoms with Crippen molar-refractivity contribution in [3.8, 4) is 0 Å². The Morgan fingerprint density at radius 1 is 1.42 bits per heavy atom. The molecular formula is C14H17F2NO2. The van der Waals surface area contributed by atoms with E-state index in [9.17, 15) is 13.6 Å². The normalized spacial score (nSPS) is 21.1. The minimum Gasteiger partial charge on any atom is -0.377 e. The molecule has 0 bridgehead atoms. The Bertz CT molecular complexity index is 465. The summed E-state index contributed by atoms with van der Waals surface area (Å²) in [6.45, 7) is 4.31. The van der Waals surface area contributed by atoms with E-state index in [0.717, 1.165) is 25.1 Å². The Balaban J connectivity index is 2.01. The van der Waals surface area contributed by atoms with Crippen molar-refractivity contribution in [2.45, 2.75) is 19.4 Å². The minimum atomic E-state index is -0.988. The second-order valence-corrected chi connectivity index (χ2v) is 4.82. The molecule has 0 aromatic heterocycles. The Hall–Kier alpha value is -1.33. The number of ether oxygens (including phenoxy) is 1. The summed E-state index contributed by atoms with van der Waals surface area (Å²) in [5.41, 5.74) is 0.205. The van der Waals surface area contributed by atoms with E-state index in [1.165, 1.54) is 6.07 Å². The third kappa shape index (κ3) is 3.81. The Kier molecular flexibility index (Phi) is 4.61. The molecule has 0 aliphatic carbocycles. The van der Waals surface area contributed by atoms with Gasteiger partial charge in [0.05, 0.1) is 12.6 Å². The van der Waals surface area contributed by atoms with Gasteiger partial charge in [0.1, 0.15) is 0 Å². The number of ketones is 1. The summed E-state index contributed by atoms with van der Waals surface area (Å²) in [6, 6.07) is 3.25. The number of carbonyl (C=O) groups excluding carboxylic acids is 1. The van der Waals surface area contributed by atoms with Crippen molar-refractivity contribution < 1.29 is 18.3 Å². The molecule has 0 amide bonds. The second kappa shape index (κ2) is 6.21. The number of hydrogen-bond donors (Lipinski definition) is 0. The molecule has 5 heteroatoms. The molecule has 1 fully saturated rings. The number of halogens is 2. The lowest BCUT2D eigenvalue weighted by Gasteiger charge is -2.20. The van der Waals surface area contributed by atoms with Gasteiger partial charge in [-0.25, -0.2) is 8.78 Å². The van der Waals surface area contributed by atoms with Crippen LogP contribution in [0.25, 0.3) is 0 Å². The molecule has 1 heterocycles. The molecule has 104 valence electrons.